The summed E-state index contributed by atoms with van der Waals surface area (Å²) in [4.78, 5) is 0. The first kappa shape index (κ1) is 14.1. The van der Waals surface area contributed by atoms with Gasteiger partial charge in [0, 0.05) is 13.4 Å². The standard InChI is InChI=1S/C14H11Br3O/c15-11-5-6-13(17)10(7-11)2-1-9-3-4-12(16)8-14(9)18/h3-8,18H,1-2H2. The van der Waals surface area contributed by atoms with Gasteiger partial charge in [0.05, 0.1) is 0 Å². The first-order valence-electron chi connectivity index (χ1n) is 5.47. The fourth-order valence-corrected chi connectivity index (χ4v) is 2.96. The van der Waals surface area contributed by atoms with Crippen LogP contribution in [0.1, 0.15) is 11.1 Å². The first-order valence-corrected chi connectivity index (χ1v) is 7.85. The topological polar surface area (TPSA) is 20.2 Å². The molecule has 2 aromatic rings. The minimum atomic E-state index is 0.343. The van der Waals surface area contributed by atoms with Crippen molar-refractivity contribution in [3.05, 3.63) is 60.9 Å². The van der Waals surface area contributed by atoms with Crippen LogP contribution >= 0.6 is 47.8 Å². The molecule has 0 unspecified atom stereocenters. The molecule has 0 fully saturated rings. The van der Waals surface area contributed by atoms with Crippen molar-refractivity contribution in [3.8, 4) is 5.75 Å². The number of hydrogen-bond acceptors (Lipinski definition) is 1. The normalized spacial score (nSPS) is 10.6. The Hall–Kier alpha value is -0.320. The van der Waals surface area contributed by atoms with Crippen molar-refractivity contribution in [2.45, 2.75) is 12.8 Å². The summed E-state index contributed by atoms with van der Waals surface area (Å²) in [6, 6.07) is 11.8. The van der Waals surface area contributed by atoms with Crippen molar-refractivity contribution < 1.29 is 5.11 Å². The van der Waals surface area contributed by atoms with Gasteiger partial charge >= 0.3 is 0 Å². The zero-order valence-corrected chi connectivity index (χ0v) is 14.2. The Morgan fingerprint density at radius 2 is 1.39 bits per heavy atom. The van der Waals surface area contributed by atoms with Crippen molar-refractivity contribution in [1.29, 1.82) is 0 Å². The molecule has 2 rings (SSSR count). The fraction of sp³-hybridized carbons (Fsp3) is 0.143. The second kappa shape index (κ2) is 6.22. The Labute approximate surface area is 132 Å². The Morgan fingerprint density at radius 3 is 2.11 bits per heavy atom. The highest BCUT2D eigenvalue weighted by molar-refractivity contribution is 9.11. The fourth-order valence-electron chi connectivity index (χ4n) is 1.75. The van der Waals surface area contributed by atoms with E-state index in [1.165, 1.54) is 5.56 Å². The summed E-state index contributed by atoms with van der Waals surface area (Å²) in [5.74, 6) is 0.343. The predicted octanol–water partition coefficient (Wildman–Crippen LogP) is 5.46. The molecule has 1 nitrogen and oxygen atoms in total. The molecule has 0 aromatic heterocycles. The molecule has 1 N–H and O–H groups in total. The van der Waals surface area contributed by atoms with Gasteiger partial charge in [0.2, 0.25) is 0 Å². The van der Waals surface area contributed by atoms with Gasteiger partial charge in [-0.3, -0.25) is 0 Å². The van der Waals surface area contributed by atoms with Gasteiger partial charge in [-0.1, -0.05) is 53.9 Å². The van der Waals surface area contributed by atoms with E-state index in [2.05, 4.69) is 53.9 Å². The van der Waals surface area contributed by atoms with Crippen LogP contribution in [-0.4, -0.2) is 5.11 Å². The minimum absolute atomic E-state index is 0.343. The van der Waals surface area contributed by atoms with Crippen LogP contribution < -0.4 is 0 Å². The lowest BCUT2D eigenvalue weighted by molar-refractivity contribution is 0.467. The quantitative estimate of drug-likeness (QED) is 0.679. The van der Waals surface area contributed by atoms with Gasteiger partial charge < -0.3 is 5.11 Å². The van der Waals surface area contributed by atoms with Gasteiger partial charge in [0.25, 0.3) is 0 Å². The van der Waals surface area contributed by atoms with Crippen LogP contribution in [0, 0.1) is 0 Å². The van der Waals surface area contributed by atoms with Crippen LogP contribution in [0.5, 0.6) is 5.75 Å². The van der Waals surface area contributed by atoms with Gasteiger partial charge in [0.1, 0.15) is 5.75 Å². The van der Waals surface area contributed by atoms with Gasteiger partial charge in [-0.25, -0.2) is 0 Å². The zero-order valence-electron chi connectivity index (χ0n) is 9.46. The third-order valence-electron chi connectivity index (χ3n) is 2.72. The lowest BCUT2D eigenvalue weighted by atomic mass is 10.0. The Morgan fingerprint density at radius 1 is 0.778 bits per heavy atom. The molecule has 94 valence electrons. The molecule has 0 radical (unpaired) electrons. The molecule has 0 heterocycles. The summed E-state index contributed by atoms with van der Waals surface area (Å²) < 4.78 is 3.07. The number of aryl methyl sites for hydroxylation is 2. The van der Waals surface area contributed by atoms with Crippen LogP contribution in [0.4, 0.5) is 0 Å². The van der Waals surface area contributed by atoms with Crippen LogP contribution in [0.15, 0.2) is 49.8 Å². The van der Waals surface area contributed by atoms with Gasteiger partial charge in [-0.2, -0.15) is 0 Å². The van der Waals surface area contributed by atoms with Crippen LogP contribution in [0.2, 0.25) is 0 Å². The summed E-state index contributed by atoms with van der Waals surface area (Å²) >= 11 is 10.4. The average molecular weight is 435 g/mol. The minimum Gasteiger partial charge on any atom is -0.508 e. The molecule has 18 heavy (non-hydrogen) atoms. The summed E-state index contributed by atoms with van der Waals surface area (Å²) in [7, 11) is 0. The molecular weight excluding hydrogens is 424 g/mol. The Kier molecular flexibility index (Phi) is 4.87. The maximum absolute atomic E-state index is 9.84. The number of phenolic OH excluding ortho intramolecular Hbond substituents is 1. The molecule has 0 atom stereocenters. The van der Waals surface area contributed by atoms with Crippen LogP contribution in [-0.2, 0) is 12.8 Å². The number of hydrogen-bond donors (Lipinski definition) is 1. The van der Waals surface area contributed by atoms with Gasteiger partial charge in [0.15, 0.2) is 0 Å². The van der Waals surface area contributed by atoms with Crippen molar-refractivity contribution in [2.75, 3.05) is 0 Å². The number of phenols is 1. The Bertz CT molecular complexity index is 567. The first-order chi connectivity index (χ1) is 8.56. The maximum atomic E-state index is 9.84. The van der Waals surface area contributed by atoms with E-state index in [9.17, 15) is 5.11 Å². The SMILES string of the molecule is Oc1cc(Br)ccc1CCc1cc(Br)ccc1Br. The van der Waals surface area contributed by atoms with Gasteiger partial charge in [-0.15, -0.1) is 0 Å². The van der Waals surface area contributed by atoms with E-state index >= 15 is 0 Å². The molecular formula is C14H11Br3O. The third-order valence-corrected chi connectivity index (χ3v) is 4.48. The molecule has 0 spiro atoms. The summed E-state index contributed by atoms with van der Waals surface area (Å²) in [6.07, 6.45) is 1.70. The van der Waals surface area contributed by atoms with E-state index in [0.29, 0.717) is 5.75 Å². The van der Waals surface area contributed by atoms with E-state index in [4.69, 9.17) is 0 Å². The molecule has 4 heteroatoms. The largest absolute Gasteiger partial charge is 0.508 e. The van der Waals surface area contributed by atoms with E-state index in [1.807, 2.05) is 24.3 Å². The smallest absolute Gasteiger partial charge is 0.119 e. The highest BCUT2D eigenvalue weighted by Crippen LogP contribution is 2.26. The monoisotopic (exact) mass is 432 g/mol. The van der Waals surface area contributed by atoms with Crippen molar-refractivity contribution in [2.24, 2.45) is 0 Å². The second-order valence-corrected chi connectivity index (χ2v) is 6.69. The second-order valence-electron chi connectivity index (χ2n) is 4.01. The van der Waals surface area contributed by atoms with E-state index < -0.39 is 0 Å². The third kappa shape index (κ3) is 3.59. The Balaban J connectivity index is 2.13. The molecule has 0 aliphatic rings. The lowest BCUT2D eigenvalue weighted by Gasteiger charge is -2.07. The molecule has 0 saturated heterocycles. The molecule has 0 saturated carbocycles. The number of benzene rings is 2. The zero-order chi connectivity index (χ0) is 13.1. The summed E-state index contributed by atoms with van der Waals surface area (Å²) in [5.41, 5.74) is 2.19. The van der Waals surface area contributed by atoms with E-state index in [1.54, 1.807) is 6.07 Å². The van der Waals surface area contributed by atoms with Crippen LogP contribution in [0.3, 0.4) is 0 Å². The number of halogens is 3. The van der Waals surface area contributed by atoms with E-state index in [0.717, 1.165) is 31.8 Å². The van der Waals surface area contributed by atoms with E-state index in [-0.39, 0.29) is 0 Å². The highest BCUT2D eigenvalue weighted by atomic mass is 79.9. The van der Waals surface area contributed by atoms with Crippen molar-refractivity contribution in [1.82, 2.24) is 0 Å². The lowest BCUT2D eigenvalue weighted by Crippen LogP contribution is -1.93. The number of rotatable bonds is 3. The van der Waals surface area contributed by atoms with Crippen molar-refractivity contribution >= 4 is 47.8 Å². The highest BCUT2D eigenvalue weighted by Gasteiger charge is 2.05. The molecule has 0 bridgehead atoms. The predicted molar refractivity (Wildman–Crippen MR) is 85.1 cm³/mol. The van der Waals surface area contributed by atoms with Gasteiger partial charge in [-0.05, 0) is 54.3 Å². The molecule has 0 amide bonds. The van der Waals surface area contributed by atoms with Crippen LogP contribution in [0.25, 0.3) is 0 Å². The van der Waals surface area contributed by atoms with Crippen molar-refractivity contribution in [3.63, 3.8) is 0 Å². The molecule has 2 aromatic carbocycles. The maximum Gasteiger partial charge on any atom is 0.119 e. The summed E-state index contributed by atoms with van der Waals surface area (Å²) in [5, 5.41) is 9.84. The molecule has 0 aliphatic carbocycles. The average Bonchev–Trinajstić information content (AvgIpc) is 2.32. The molecule has 0 aliphatic heterocycles. The number of aromatic hydroxyl groups is 1. The summed E-state index contributed by atoms with van der Waals surface area (Å²) in [6.45, 7) is 0.